The molecule has 1 rings (SSSR count). The van der Waals surface area contributed by atoms with Crippen LogP contribution in [0.4, 0.5) is 13.2 Å². The Labute approximate surface area is 94.9 Å². The Balaban J connectivity index is 3.63. The van der Waals surface area contributed by atoms with Crippen molar-refractivity contribution < 1.29 is 18.0 Å². The van der Waals surface area contributed by atoms with Crippen LogP contribution in [0.3, 0.4) is 0 Å². The zero-order valence-electron chi connectivity index (χ0n) is 8.80. The molecule has 90 valence electrons. The number of pyridine rings is 1. The first-order chi connectivity index (χ1) is 7.79. The van der Waals surface area contributed by atoms with Gasteiger partial charge in [0.15, 0.2) is 0 Å². The molecule has 1 heterocycles. The molecule has 0 aliphatic heterocycles. The number of amides is 1. The third-order valence-electron chi connectivity index (χ3n) is 2.15. The molecular weight excluding hydrogens is 235 g/mol. The van der Waals surface area contributed by atoms with Gasteiger partial charge in [0.05, 0.1) is 29.3 Å². The quantitative estimate of drug-likeness (QED) is 0.856. The van der Waals surface area contributed by atoms with E-state index in [1.54, 1.807) is 6.07 Å². The minimum atomic E-state index is -4.75. The maximum Gasteiger partial charge on any atom is 0.417 e. The summed E-state index contributed by atoms with van der Waals surface area (Å²) in [6.07, 6.45) is -4.29. The summed E-state index contributed by atoms with van der Waals surface area (Å²) in [7, 11) is 0. The molecule has 1 amide bonds. The highest BCUT2D eigenvalue weighted by atomic mass is 19.4. The lowest BCUT2D eigenvalue weighted by Gasteiger charge is -2.15. The Morgan fingerprint density at radius 2 is 2.18 bits per heavy atom. The smallest absolute Gasteiger partial charge is 0.366 e. The van der Waals surface area contributed by atoms with Crippen LogP contribution in [0.5, 0.6) is 0 Å². The lowest BCUT2D eigenvalue weighted by atomic mass is 9.99. The molecule has 7 heteroatoms. The monoisotopic (exact) mass is 243 g/mol. The Morgan fingerprint density at radius 1 is 1.59 bits per heavy atom. The number of alkyl halides is 3. The van der Waals surface area contributed by atoms with Crippen molar-refractivity contribution in [3.63, 3.8) is 0 Å². The van der Waals surface area contributed by atoms with Crippen molar-refractivity contribution in [2.75, 3.05) is 0 Å². The lowest BCUT2D eigenvalue weighted by Crippen LogP contribution is -2.23. The van der Waals surface area contributed by atoms with Crippen molar-refractivity contribution in [3.05, 3.63) is 28.6 Å². The zero-order valence-corrected chi connectivity index (χ0v) is 8.80. The molecule has 0 saturated carbocycles. The van der Waals surface area contributed by atoms with Gasteiger partial charge in [-0.15, -0.1) is 0 Å². The van der Waals surface area contributed by atoms with Gasteiger partial charge in [-0.2, -0.15) is 18.4 Å². The van der Waals surface area contributed by atoms with Gasteiger partial charge in [0.1, 0.15) is 0 Å². The molecule has 0 unspecified atom stereocenters. The van der Waals surface area contributed by atoms with Gasteiger partial charge in [0, 0.05) is 6.20 Å². The van der Waals surface area contributed by atoms with Gasteiger partial charge in [-0.25, -0.2) is 0 Å². The van der Waals surface area contributed by atoms with E-state index in [4.69, 9.17) is 11.0 Å². The van der Waals surface area contributed by atoms with Crippen LogP contribution in [0, 0.1) is 18.3 Å². The molecule has 1 aromatic rings. The molecule has 0 saturated heterocycles. The van der Waals surface area contributed by atoms with Crippen LogP contribution in [0.25, 0.3) is 0 Å². The van der Waals surface area contributed by atoms with Crippen molar-refractivity contribution in [2.24, 2.45) is 5.73 Å². The summed E-state index contributed by atoms with van der Waals surface area (Å²) in [5.41, 5.74) is 2.62. The molecule has 1 aromatic heterocycles. The van der Waals surface area contributed by atoms with E-state index in [-0.39, 0.29) is 11.3 Å². The lowest BCUT2D eigenvalue weighted by molar-refractivity contribution is -0.138. The number of nitriles is 1. The third kappa shape index (κ3) is 2.53. The predicted molar refractivity (Wildman–Crippen MR) is 51.8 cm³/mol. The van der Waals surface area contributed by atoms with Gasteiger partial charge in [-0.05, 0) is 12.5 Å². The summed E-state index contributed by atoms with van der Waals surface area (Å²) in [5.74, 6) is -1.21. The number of hydrogen-bond donors (Lipinski definition) is 1. The maximum atomic E-state index is 12.8. The molecule has 0 atom stereocenters. The number of carbonyl (C=O) groups is 1. The maximum absolute atomic E-state index is 12.8. The topological polar surface area (TPSA) is 79.8 Å². The Bertz CT molecular complexity index is 503. The minimum absolute atomic E-state index is 0.105. The van der Waals surface area contributed by atoms with Gasteiger partial charge >= 0.3 is 6.18 Å². The molecule has 0 spiro atoms. The van der Waals surface area contributed by atoms with Crippen molar-refractivity contribution in [2.45, 2.75) is 19.5 Å². The predicted octanol–water partition coefficient (Wildman–Crippen LogP) is 1.57. The van der Waals surface area contributed by atoms with Crippen LogP contribution in [0.15, 0.2) is 6.20 Å². The number of halogens is 3. The van der Waals surface area contributed by atoms with Crippen molar-refractivity contribution >= 4 is 5.91 Å². The van der Waals surface area contributed by atoms with E-state index in [2.05, 4.69) is 4.98 Å². The second-order valence-electron chi connectivity index (χ2n) is 3.32. The highest BCUT2D eigenvalue weighted by molar-refractivity contribution is 5.96. The molecule has 2 N–H and O–H groups in total. The average molecular weight is 243 g/mol. The van der Waals surface area contributed by atoms with Gasteiger partial charge in [-0.1, -0.05) is 0 Å². The zero-order chi connectivity index (χ0) is 13.2. The Morgan fingerprint density at radius 3 is 2.59 bits per heavy atom. The van der Waals surface area contributed by atoms with Gasteiger partial charge in [0.25, 0.3) is 5.91 Å². The van der Waals surface area contributed by atoms with E-state index in [1.807, 2.05) is 0 Å². The molecular formula is C10H8F3N3O. The number of carbonyl (C=O) groups excluding carboxylic acids is 1. The summed E-state index contributed by atoms with van der Waals surface area (Å²) >= 11 is 0. The summed E-state index contributed by atoms with van der Waals surface area (Å²) in [6, 6.07) is 1.59. The number of primary amides is 1. The molecule has 0 aliphatic carbocycles. The molecule has 4 nitrogen and oxygen atoms in total. The fourth-order valence-electron chi connectivity index (χ4n) is 1.49. The highest BCUT2D eigenvalue weighted by Crippen LogP contribution is 2.35. The van der Waals surface area contributed by atoms with Crippen molar-refractivity contribution in [1.29, 1.82) is 5.26 Å². The molecule has 0 aliphatic rings. The van der Waals surface area contributed by atoms with Crippen LogP contribution >= 0.6 is 0 Å². The Hall–Kier alpha value is -2.10. The third-order valence-corrected chi connectivity index (χ3v) is 2.15. The standard InChI is InChI=1S/C10H8F3N3O/c1-5-7(9(15)17)8(10(11,12)13)6(2-3-14)4-16-5/h4H,2H2,1H3,(H2,15,17). The Kier molecular flexibility index (Phi) is 3.36. The fraction of sp³-hybridized carbons (Fsp3) is 0.300. The SMILES string of the molecule is Cc1ncc(CC#N)c(C(F)(F)F)c1C(N)=O. The number of nitrogens with two attached hydrogens (primary N) is 1. The van der Waals surface area contributed by atoms with E-state index in [1.165, 1.54) is 6.92 Å². The summed E-state index contributed by atoms with van der Waals surface area (Å²) < 4.78 is 38.5. The van der Waals surface area contributed by atoms with Gasteiger partial charge in [-0.3, -0.25) is 9.78 Å². The fourth-order valence-corrected chi connectivity index (χ4v) is 1.49. The van der Waals surface area contributed by atoms with Crippen LogP contribution in [-0.2, 0) is 12.6 Å². The first-order valence-electron chi connectivity index (χ1n) is 4.51. The number of nitrogens with zero attached hydrogens (tertiary/aromatic N) is 2. The first-order valence-corrected chi connectivity index (χ1v) is 4.51. The molecule has 0 fully saturated rings. The number of hydrogen-bond acceptors (Lipinski definition) is 3. The normalized spacial score (nSPS) is 11.0. The van der Waals surface area contributed by atoms with Crippen LogP contribution in [0.2, 0.25) is 0 Å². The summed E-state index contributed by atoms with van der Waals surface area (Å²) in [6.45, 7) is 1.26. The second kappa shape index (κ2) is 4.41. The summed E-state index contributed by atoms with van der Waals surface area (Å²) in [5, 5.41) is 8.45. The van der Waals surface area contributed by atoms with E-state index >= 15 is 0 Å². The average Bonchev–Trinajstić information content (AvgIpc) is 2.18. The molecule has 0 radical (unpaired) electrons. The molecule has 0 bridgehead atoms. The number of aromatic nitrogens is 1. The minimum Gasteiger partial charge on any atom is -0.366 e. The van der Waals surface area contributed by atoms with E-state index in [9.17, 15) is 18.0 Å². The second-order valence-corrected chi connectivity index (χ2v) is 3.32. The van der Waals surface area contributed by atoms with Crippen LogP contribution in [-0.4, -0.2) is 10.9 Å². The van der Waals surface area contributed by atoms with Crippen LogP contribution in [0.1, 0.15) is 27.2 Å². The molecule has 17 heavy (non-hydrogen) atoms. The number of aryl methyl sites for hydroxylation is 1. The van der Waals surface area contributed by atoms with E-state index in [0.29, 0.717) is 0 Å². The number of rotatable bonds is 2. The van der Waals surface area contributed by atoms with Gasteiger partial charge in [0.2, 0.25) is 0 Å². The van der Waals surface area contributed by atoms with Crippen LogP contribution < -0.4 is 5.73 Å². The van der Waals surface area contributed by atoms with Gasteiger partial charge < -0.3 is 5.73 Å². The highest BCUT2D eigenvalue weighted by Gasteiger charge is 2.38. The molecule has 0 aromatic carbocycles. The largest absolute Gasteiger partial charge is 0.417 e. The van der Waals surface area contributed by atoms with E-state index < -0.39 is 29.6 Å². The van der Waals surface area contributed by atoms with Crippen molar-refractivity contribution in [1.82, 2.24) is 4.98 Å². The van der Waals surface area contributed by atoms with E-state index in [0.717, 1.165) is 6.20 Å². The summed E-state index contributed by atoms with van der Waals surface area (Å²) in [4.78, 5) is 14.7. The van der Waals surface area contributed by atoms with Crippen molar-refractivity contribution in [3.8, 4) is 6.07 Å². The first kappa shape index (κ1) is 13.0.